The van der Waals surface area contributed by atoms with Crippen LogP contribution in [0.1, 0.15) is 5.56 Å². The third-order valence-electron chi connectivity index (χ3n) is 1.52. The van der Waals surface area contributed by atoms with Crippen LogP contribution in [0.3, 0.4) is 0 Å². The maximum absolute atomic E-state index is 13.1. The zero-order chi connectivity index (χ0) is 10.0. The second-order valence-corrected chi connectivity index (χ2v) is 2.76. The standard InChI is InChI=1S/C8H5ClFNO2/c9-5-3-6(12)8(13)4(1-2-11)7(5)10/h3,12-13H,1H2. The van der Waals surface area contributed by atoms with Gasteiger partial charge in [0.2, 0.25) is 0 Å². The van der Waals surface area contributed by atoms with Gasteiger partial charge in [-0.05, 0) is 0 Å². The fourth-order valence-electron chi connectivity index (χ4n) is 0.895. The molecule has 0 saturated heterocycles. The van der Waals surface area contributed by atoms with Gasteiger partial charge >= 0.3 is 0 Å². The highest BCUT2D eigenvalue weighted by Gasteiger charge is 2.15. The Hall–Kier alpha value is -1.47. The highest BCUT2D eigenvalue weighted by atomic mass is 35.5. The van der Waals surface area contributed by atoms with Gasteiger partial charge in [0.15, 0.2) is 11.5 Å². The van der Waals surface area contributed by atoms with E-state index in [9.17, 15) is 4.39 Å². The van der Waals surface area contributed by atoms with Gasteiger partial charge in [0, 0.05) is 11.6 Å². The molecule has 0 heterocycles. The SMILES string of the molecule is N#CCc1c(O)c(O)cc(Cl)c1F. The molecule has 0 fully saturated rings. The van der Waals surface area contributed by atoms with Crippen molar-refractivity contribution in [3.63, 3.8) is 0 Å². The molecule has 1 rings (SSSR count). The lowest BCUT2D eigenvalue weighted by molar-refractivity contribution is 0.395. The summed E-state index contributed by atoms with van der Waals surface area (Å²) >= 11 is 5.37. The van der Waals surface area contributed by atoms with Crippen molar-refractivity contribution in [3.05, 3.63) is 22.5 Å². The zero-order valence-corrected chi connectivity index (χ0v) is 7.14. The maximum atomic E-state index is 13.1. The minimum Gasteiger partial charge on any atom is -0.504 e. The van der Waals surface area contributed by atoms with Crippen molar-refractivity contribution in [2.75, 3.05) is 0 Å². The lowest BCUT2D eigenvalue weighted by atomic mass is 10.1. The monoisotopic (exact) mass is 201 g/mol. The third kappa shape index (κ3) is 1.65. The molecule has 68 valence electrons. The van der Waals surface area contributed by atoms with Crippen molar-refractivity contribution in [2.45, 2.75) is 6.42 Å². The molecule has 3 nitrogen and oxygen atoms in total. The Labute approximate surface area is 78.6 Å². The Morgan fingerprint density at radius 1 is 1.54 bits per heavy atom. The van der Waals surface area contributed by atoms with Crippen LogP contribution in [0.4, 0.5) is 4.39 Å². The summed E-state index contributed by atoms with van der Waals surface area (Å²) in [6, 6.07) is 2.53. The smallest absolute Gasteiger partial charge is 0.164 e. The molecule has 0 atom stereocenters. The van der Waals surface area contributed by atoms with Crippen LogP contribution in [0.2, 0.25) is 5.02 Å². The van der Waals surface area contributed by atoms with Crippen LogP contribution < -0.4 is 0 Å². The van der Waals surface area contributed by atoms with Gasteiger partial charge < -0.3 is 10.2 Å². The van der Waals surface area contributed by atoms with Gasteiger partial charge in [0.05, 0.1) is 17.5 Å². The highest BCUT2D eigenvalue weighted by Crippen LogP contribution is 2.35. The molecule has 0 aliphatic rings. The van der Waals surface area contributed by atoms with Crippen molar-refractivity contribution in [1.29, 1.82) is 5.26 Å². The largest absolute Gasteiger partial charge is 0.504 e. The molecule has 0 unspecified atom stereocenters. The first-order valence-corrected chi connectivity index (χ1v) is 3.71. The second kappa shape index (κ2) is 3.50. The Balaban J connectivity index is 3.39. The normalized spacial score (nSPS) is 9.62. The van der Waals surface area contributed by atoms with Gasteiger partial charge in [0.1, 0.15) is 5.82 Å². The minimum atomic E-state index is -0.876. The van der Waals surface area contributed by atoms with E-state index in [1.165, 1.54) is 0 Å². The van der Waals surface area contributed by atoms with E-state index < -0.39 is 17.3 Å². The van der Waals surface area contributed by atoms with Crippen molar-refractivity contribution in [3.8, 4) is 17.6 Å². The number of nitrogens with zero attached hydrogens (tertiary/aromatic N) is 1. The number of phenols is 2. The van der Waals surface area contributed by atoms with Crippen molar-refractivity contribution >= 4 is 11.6 Å². The zero-order valence-electron chi connectivity index (χ0n) is 6.38. The molecule has 0 bridgehead atoms. The minimum absolute atomic E-state index is 0.285. The predicted octanol–water partition coefficient (Wildman–Crippen LogP) is 1.96. The average Bonchev–Trinajstić information content (AvgIpc) is 2.09. The molecular weight excluding hydrogens is 197 g/mol. The van der Waals surface area contributed by atoms with E-state index >= 15 is 0 Å². The molecule has 0 aliphatic carbocycles. The Kier molecular flexibility index (Phi) is 2.59. The molecule has 1 aromatic rings. The number of rotatable bonds is 1. The molecule has 0 aliphatic heterocycles. The third-order valence-corrected chi connectivity index (χ3v) is 1.80. The summed E-state index contributed by atoms with van der Waals surface area (Å²) in [4.78, 5) is 0. The van der Waals surface area contributed by atoms with Crippen LogP contribution in [0.25, 0.3) is 0 Å². The maximum Gasteiger partial charge on any atom is 0.164 e. The number of phenolic OH excluding ortho intramolecular Hbond substituents is 2. The number of aromatic hydroxyl groups is 2. The Morgan fingerprint density at radius 3 is 2.69 bits per heavy atom. The lowest BCUT2D eigenvalue weighted by Gasteiger charge is -2.05. The number of hydrogen-bond donors (Lipinski definition) is 2. The summed E-state index contributed by atoms with van der Waals surface area (Å²) in [7, 11) is 0. The first-order chi connectivity index (χ1) is 6.07. The van der Waals surface area contributed by atoms with Crippen molar-refractivity contribution in [2.24, 2.45) is 0 Å². The van der Waals surface area contributed by atoms with Crippen LogP contribution in [0, 0.1) is 17.1 Å². The van der Waals surface area contributed by atoms with Crippen LogP contribution in [0.15, 0.2) is 6.07 Å². The van der Waals surface area contributed by atoms with Gasteiger partial charge in [-0.15, -0.1) is 0 Å². The van der Waals surface area contributed by atoms with Crippen LogP contribution in [-0.4, -0.2) is 10.2 Å². The first kappa shape index (κ1) is 9.62. The quantitative estimate of drug-likeness (QED) is 0.683. The molecule has 13 heavy (non-hydrogen) atoms. The fourth-order valence-corrected chi connectivity index (χ4v) is 1.11. The number of hydrogen-bond acceptors (Lipinski definition) is 3. The first-order valence-electron chi connectivity index (χ1n) is 3.33. The van der Waals surface area contributed by atoms with Crippen LogP contribution >= 0.6 is 11.6 Å². The van der Waals surface area contributed by atoms with Gasteiger partial charge in [-0.25, -0.2) is 4.39 Å². The summed E-state index contributed by atoms with van der Waals surface area (Å²) < 4.78 is 13.1. The number of nitriles is 1. The molecule has 0 radical (unpaired) electrons. The summed E-state index contributed by atoms with van der Waals surface area (Å²) in [6.45, 7) is 0. The predicted molar refractivity (Wildman–Crippen MR) is 44.1 cm³/mol. The summed E-state index contributed by atoms with van der Waals surface area (Å²) in [6.07, 6.45) is -0.341. The van der Waals surface area contributed by atoms with Crippen LogP contribution in [0.5, 0.6) is 11.5 Å². The number of halogens is 2. The lowest BCUT2D eigenvalue weighted by Crippen LogP contribution is -1.91. The summed E-state index contributed by atoms with van der Waals surface area (Å²) in [5.41, 5.74) is -0.285. The van der Waals surface area contributed by atoms with E-state index in [4.69, 9.17) is 27.1 Å². The highest BCUT2D eigenvalue weighted by molar-refractivity contribution is 6.31. The molecule has 1 aromatic carbocycles. The molecule has 5 heteroatoms. The molecule has 0 saturated carbocycles. The molecule has 0 aromatic heterocycles. The van der Waals surface area contributed by atoms with Gasteiger partial charge in [-0.1, -0.05) is 11.6 Å². The summed E-state index contributed by atoms with van der Waals surface area (Å²) in [5.74, 6) is -2.04. The molecule has 0 amide bonds. The van der Waals surface area contributed by atoms with E-state index in [1.807, 2.05) is 0 Å². The van der Waals surface area contributed by atoms with Crippen molar-refractivity contribution < 1.29 is 14.6 Å². The Morgan fingerprint density at radius 2 is 2.15 bits per heavy atom. The second-order valence-electron chi connectivity index (χ2n) is 2.35. The van der Waals surface area contributed by atoms with E-state index in [1.54, 1.807) is 6.07 Å². The van der Waals surface area contributed by atoms with E-state index in [2.05, 4.69) is 0 Å². The topological polar surface area (TPSA) is 64.2 Å². The fraction of sp³-hybridized carbons (Fsp3) is 0.125. The molecule has 0 spiro atoms. The van der Waals surface area contributed by atoms with Gasteiger partial charge in [-0.3, -0.25) is 0 Å². The molecule has 2 N–H and O–H groups in total. The van der Waals surface area contributed by atoms with E-state index in [0.717, 1.165) is 6.07 Å². The summed E-state index contributed by atoms with van der Waals surface area (Å²) in [5, 5.41) is 26.1. The van der Waals surface area contributed by atoms with Crippen molar-refractivity contribution in [1.82, 2.24) is 0 Å². The Bertz CT molecular complexity index is 360. The van der Waals surface area contributed by atoms with Gasteiger partial charge in [0.25, 0.3) is 0 Å². The molecular formula is C8H5ClFNO2. The van der Waals surface area contributed by atoms with Crippen LogP contribution in [-0.2, 0) is 6.42 Å². The van der Waals surface area contributed by atoms with Gasteiger partial charge in [-0.2, -0.15) is 5.26 Å². The number of benzene rings is 1. The van der Waals surface area contributed by atoms with E-state index in [-0.39, 0.29) is 17.0 Å². The average molecular weight is 202 g/mol. The van der Waals surface area contributed by atoms with E-state index in [0.29, 0.717) is 0 Å².